The number of rotatable bonds is 7. The lowest BCUT2D eigenvalue weighted by atomic mass is 9.90. The van der Waals surface area contributed by atoms with E-state index in [2.05, 4.69) is 20.5 Å². The van der Waals surface area contributed by atoms with Crippen molar-refractivity contribution in [2.75, 3.05) is 28.6 Å². The van der Waals surface area contributed by atoms with Crippen molar-refractivity contribution in [1.82, 2.24) is 9.97 Å². The van der Waals surface area contributed by atoms with Crippen molar-refractivity contribution < 1.29 is 4.79 Å². The number of carbonyl (C=O) groups excluding carboxylic acids is 1. The summed E-state index contributed by atoms with van der Waals surface area (Å²) in [5.74, 6) is 1.10. The van der Waals surface area contributed by atoms with Crippen LogP contribution in [0.3, 0.4) is 0 Å². The zero-order chi connectivity index (χ0) is 24.0. The highest BCUT2D eigenvalue weighted by molar-refractivity contribution is 5.98. The number of hydrogen-bond donors (Lipinski definition) is 2. The van der Waals surface area contributed by atoms with Crippen molar-refractivity contribution in [3.05, 3.63) is 108 Å². The molecule has 0 radical (unpaired) electrons. The molecule has 0 bridgehead atoms. The van der Waals surface area contributed by atoms with Crippen LogP contribution in [-0.4, -0.2) is 29.0 Å². The lowest BCUT2D eigenvalue weighted by Crippen LogP contribution is -2.22. The molecule has 6 heteroatoms. The van der Waals surface area contributed by atoms with E-state index in [1.165, 1.54) is 12.8 Å². The summed E-state index contributed by atoms with van der Waals surface area (Å²) < 4.78 is 0. The standard InChI is InChI=1S/C29H29N5O/c1-21-20-26(33-29(30-21)34-18-8-9-19-34)31-24-14-16-25(17-15-24)32-28(35)27(22-10-4-2-5-11-22)23-12-6-3-7-13-23/h2-7,10-17,20,27H,8-9,18-19H2,1H3,(H,32,35)(H,30,31,33). The van der Waals surface area contributed by atoms with Gasteiger partial charge in [-0.25, -0.2) is 4.98 Å². The molecule has 1 amide bonds. The SMILES string of the molecule is Cc1cc(Nc2ccc(NC(=O)C(c3ccccc3)c3ccccc3)cc2)nc(N2CCCC2)n1. The number of nitrogens with zero attached hydrogens (tertiary/aromatic N) is 3. The molecule has 0 aliphatic carbocycles. The molecule has 2 N–H and O–H groups in total. The van der Waals surface area contributed by atoms with E-state index in [0.717, 1.165) is 53.1 Å². The van der Waals surface area contributed by atoms with Crippen LogP contribution in [0.5, 0.6) is 0 Å². The number of anilines is 4. The maximum atomic E-state index is 13.3. The van der Waals surface area contributed by atoms with Crippen molar-refractivity contribution >= 4 is 29.0 Å². The van der Waals surface area contributed by atoms with Gasteiger partial charge in [-0.1, -0.05) is 60.7 Å². The highest BCUT2D eigenvalue weighted by Gasteiger charge is 2.22. The van der Waals surface area contributed by atoms with Gasteiger partial charge in [0, 0.05) is 36.2 Å². The van der Waals surface area contributed by atoms with Gasteiger partial charge < -0.3 is 15.5 Å². The fourth-order valence-corrected chi connectivity index (χ4v) is 4.46. The monoisotopic (exact) mass is 463 g/mol. The second-order valence-electron chi connectivity index (χ2n) is 8.83. The number of nitrogens with one attached hydrogen (secondary N) is 2. The highest BCUT2D eigenvalue weighted by Crippen LogP contribution is 2.27. The molecule has 0 unspecified atom stereocenters. The number of aryl methyl sites for hydroxylation is 1. The number of hydrogen-bond acceptors (Lipinski definition) is 5. The molecule has 0 saturated carbocycles. The van der Waals surface area contributed by atoms with Crippen LogP contribution in [-0.2, 0) is 4.79 Å². The maximum absolute atomic E-state index is 13.3. The Kier molecular flexibility index (Phi) is 6.70. The maximum Gasteiger partial charge on any atom is 0.236 e. The number of benzene rings is 3. The van der Waals surface area contributed by atoms with Crippen LogP contribution in [0.2, 0.25) is 0 Å². The molecule has 6 nitrogen and oxygen atoms in total. The van der Waals surface area contributed by atoms with Crippen molar-refractivity contribution in [3.63, 3.8) is 0 Å². The van der Waals surface area contributed by atoms with Crippen LogP contribution in [0.4, 0.5) is 23.1 Å². The Labute approximate surface area is 206 Å². The third-order valence-electron chi connectivity index (χ3n) is 6.18. The lowest BCUT2D eigenvalue weighted by Gasteiger charge is -2.18. The Hall–Kier alpha value is -4.19. The summed E-state index contributed by atoms with van der Waals surface area (Å²) in [6, 6.07) is 29.4. The largest absolute Gasteiger partial charge is 0.341 e. The molecule has 176 valence electrons. The summed E-state index contributed by atoms with van der Waals surface area (Å²) in [5.41, 5.74) is 4.50. The minimum Gasteiger partial charge on any atom is -0.341 e. The van der Waals surface area contributed by atoms with E-state index in [1.807, 2.05) is 97.9 Å². The van der Waals surface area contributed by atoms with Crippen LogP contribution in [0.25, 0.3) is 0 Å². The molecule has 4 aromatic rings. The van der Waals surface area contributed by atoms with Gasteiger partial charge in [-0.2, -0.15) is 4.98 Å². The third-order valence-corrected chi connectivity index (χ3v) is 6.18. The van der Waals surface area contributed by atoms with Crippen LogP contribution in [0.1, 0.15) is 35.6 Å². The molecule has 2 heterocycles. The first-order chi connectivity index (χ1) is 17.2. The minimum absolute atomic E-state index is 0.0650. The molecule has 0 spiro atoms. The predicted octanol–water partition coefficient (Wildman–Crippen LogP) is 5.90. The molecule has 3 aromatic carbocycles. The molecule has 5 rings (SSSR count). The lowest BCUT2D eigenvalue weighted by molar-refractivity contribution is -0.116. The van der Waals surface area contributed by atoms with Gasteiger partial charge in [0.15, 0.2) is 0 Å². The van der Waals surface area contributed by atoms with E-state index in [1.54, 1.807) is 0 Å². The molecule has 1 aliphatic rings. The minimum atomic E-state index is -0.386. The molecule has 1 aliphatic heterocycles. The first-order valence-corrected chi connectivity index (χ1v) is 12.0. The topological polar surface area (TPSA) is 70.2 Å². The average Bonchev–Trinajstić information content (AvgIpc) is 3.42. The molecule has 35 heavy (non-hydrogen) atoms. The summed E-state index contributed by atoms with van der Waals surface area (Å²) in [6.07, 6.45) is 2.37. The van der Waals surface area contributed by atoms with E-state index in [4.69, 9.17) is 4.98 Å². The Balaban J connectivity index is 1.30. The van der Waals surface area contributed by atoms with Gasteiger partial charge in [0.1, 0.15) is 5.82 Å². The smallest absolute Gasteiger partial charge is 0.236 e. The van der Waals surface area contributed by atoms with Crippen LogP contribution < -0.4 is 15.5 Å². The summed E-state index contributed by atoms with van der Waals surface area (Å²) >= 11 is 0. The number of carbonyl (C=O) groups is 1. The number of amides is 1. The van der Waals surface area contributed by atoms with E-state index < -0.39 is 0 Å². The molecule has 0 atom stereocenters. The van der Waals surface area contributed by atoms with Gasteiger partial charge in [-0.05, 0) is 55.2 Å². The van der Waals surface area contributed by atoms with Crippen molar-refractivity contribution in [2.24, 2.45) is 0 Å². The Morgan fingerprint density at radius 2 is 1.37 bits per heavy atom. The summed E-state index contributed by atoms with van der Waals surface area (Å²) in [4.78, 5) is 24.9. The predicted molar refractivity (Wildman–Crippen MR) is 141 cm³/mol. The fourth-order valence-electron chi connectivity index (χ4n) is 4.46. The molecule has 1 saturated heterocycles. The Bertz CT molecular complexity index is 1230. The molecular weight excluding hydrogens is 434 g/mol. The zero-order valence-corrected chi connectivity index (χ0v) is 19.8. The Morgan fingerprint density at radius 1 is 0.800 bits per heavy atom. The van der Waals surface area contributed by atoms with Crippen LogP contribution in [0.15, 0.2) is 91.0 Å². The van der Waals surface area contributed by atoms with Gasteiger partial charge in [0.25, 0.3) is 0 Å². The summed E-state index contributed by atoms with van der Waals surface area (Å²) in [6.45, 7) is 4.00. The van der Waals surface area contributed by atoms with Gasteiger partial charge in [0.05, 0.1) is 5.92 Å². The highest BCUT2D eigenvalue weighted by atomic mass is 16.1. The van der Waals surface area contributed by atoms with E-state index in [0.29, 0.717) is 0 Å². The van der Waals surface area contributed by atoms with Gasteiger partial charge in [-0.15, -0.1) is 0 Å². The zero-order valence-electron chi connectivity index (χ0n) is 19.8. The second-order valence-corrected chi connectivity index (χ2v) is 8.83. The normalized spacial score (nSPS) is 13.1. The van der Waals surface area contributed by atoms with Crippen molar-refractivity contribution in [2.45, 2.75) is 25.7 Å². The average molecular weight is 464 g/mol. The van der Waals surface area contributed by atoms with E-state index >= 15 is 0 Å². The van der Waals surface area contributed by atoms with Crippen LogP contribution >= 0.6 is 0 Å². The quantitative estimate of drug-likeness (QED) is 0.357. The van der Waals surface area contributed by atoms with Crippen LogP contribution in [0, 0.1) is 6.92 Å². The molecular formula is C29H29N5O. The van der Waals surface area contributed by atoms with Crippen molar-refractivity contribution in [3.8, 4) is 0 Å². The third kappa shape index (κ3) is 5.49. The molecule has 1 fully saturated rings. The van der Waals surface area contributed by atoms with Gasteiger partial charge >= 0.3 is 0 Å². The fraction of sp³-hybridized carbons (Fsp3) is 0.207. The summed E-state index contributed by atoms with van der Waals surface area (Å²) in [5, 5.41) is 6.46. The van der Waals surface area contributed by atoms with E-state index in [-0.39, 0.29) is 11.8 Å². The van der Waals surface area contributed by atoms with E-state index in [9.17, 15) is 4.79 Å². The second kappa shape index (κ2) is 10.4. The first kappa shape index (κ1) is 22.6. The van der Waals surface area contributed by atoms with Gasteiger partial charge in [0.2, 0.25) is 11.9 Å². The van der Waals surface area contributed by atoms with Crippen molar-refractivity contribution in [1.29, 1.82) is 0 Å². The Morgan fingerprint density at radius 3 is 1.97 bits per heavy atom. The molecule has 1 aromatic heterocycles. The summed E-state index contributed by atoms with van der Waals surface area (Å²) in [7, 11) is 0. The van der Waals surface area contributed by atoms with Gasteiger partial charge in [-0.3, -0.25) is 4.79 Å². The number of aromatic nitrogens is 2. The first-order valence-electron chi connectivity index (χ1n) is 12.0.